The molecule has 0 aliphatic rings. The topological polar surface area (TPSA) is 38.7 Å². The molecule has 0 aliphatic heterocycles. The molecule has 66 valence electrons. The largest absolute Gasteiger partial charge is 0.330 e. The van der Waals surface area contributed by atoms with E-state index in [-0.39, 0.29) is 0 Å². The van der Waals surface area contributed by atoms with E-state index in [0.29, 0.717) is 25.5 Å². The van der Waals surface area contributed by atoms with Crippen LogP contribution in [-0.4, -0.2) is 31.9 Å². The maximum Gasteiger partial charge on any atom is 0.188 e. The lowest BCUT2D eigenvalue weighted by Gasteiger charge is -1.94. The molecule has 0 spiro atoms. The molecular weight excluding hydrogens is 184 g/mol. The van der Waals surface area contributed by atoms with Crippen molar-refractivity contribution >= 4 is 25.8 Å². The van der Waals surface area contributed by atoms with Gasteiger partial charge in [-0.15, -0.1) is 11.6 Å². The Labute approximate surface area is 72.7 Å². The standard InChI is InChI=1S/C6H13ClNO2P/c1-11(9)10-6-2-4-8-5-3-7/h4,11H,2-3,5-6H2,1H3/b8-4+. The van der Waals surface area contributed by atoms with Gasteiger partial charge in [-0.25, -0.2) is 0 Å². The Morgan fingerprint density at radius 3 is 3.00 bits per heavy atom. The summed E-state index contributed by atoms with van der Waals surface area (Å²) in [5.74, 6) is 0.543. The molecule has 1 atom stereocenters. The van der Waals surface area contributed by atoms with Crippen LogP contribution in [0.25, 0.3) is 0 Å². The average molecular weight is 198 g/mol. The highest BCUT2D eigenvalue weighted by molar-refractivity contribution is 7.38. The van der Waals surface area contributed by atoms with Gasteiger partial charge in [-0.05, 0) is 0 Å². The van der Waals surface area contributed by atoms with Crippen LogP contribution in [0.15, 0.2) is 4.99 Å². The summed E-state index contributed by atoms with van der Waals surface area (Å²) in [5, 5.41) is 0. The molecule has 0 aromatic carbocycles. The third-order valence-corrected chi connectivity index (χ3v) is 1.67. The third kappa shape index (κ3) is 10.2. The SMILES string of the molecule is C[PH](=O)OCC/C=N/CCCl. The van der Waals surface area contributed by atoms with Gasteiger partial charge >= 0.3 is 0 Å². The van der Waals surface area contributed by atoms with E-state index in [1.807, 2.05) is 0 Å². The summed E-state index contributed by atoms with van der Waals surface area (Å²) in [6, 6.07) is 0. The molecule has 0 rings (SSSR count). The van der Waals surface area contributed by atoms with Gasteiger partial charge in [0.25, 0.3) is 0 Å². The van der Waals surface area contributed by atoms with Gasteiger partial charge in [-0.1, -0.05) is 0 Å². The van der Waals surface area contributed by atoms with Crippen LogP contribution in [0.3, 0.4) is 0 Å². The zero-order valence-electron chi connectivity index (χ0n) is 6.55. The van der Waals surface area contributed by atoms with Crippen molar-refractivity contribution in [2.45, 2.75) is 6.42 Å². The van der Waals surface area contributed by atoms with Crippen LogP contribution >= 0.6 is 19.6 Å². The first kappa shape index (κ1) is 11.2. The fraction of sp³-hybridized carbons (Fsp3) is 0.833. The molecule has 5 heteroatoms. The highest BCUT2D eigenvalue weighted by Gasteiger charge is 1.86. The normalized spacial score (nSPS) is 14.0. The van der Waals surface area contributed by atoms with Crippen molar-refractivity contribution < 1.29 is 9.09 Å². The Kier molecular flexibility index (Phi) is 8.36. The zero-order valence-corrected chi connectivity index (χ0v) is 8.30. The molecule has 0 heterocycles. The van der Waals surface area contributed by atoms with Crippen LogP contribution in [0.1, 0.15) is 6.42 Å². The molecule has 1 unspecified atom stereocenters. The fourth-order valence-electron chi connectivity index (χ4n) is 0.487. The number of hydrogen-bond donors (Lipinski definition) is 0. The van der Waals surface area contributed by atoms with Gasteiger partial charge in [0.15, 0.2) is 8.03 Å². The maximum atomic E-state index is 10.4. The van der Waals surface area contributed by atoms with E-state index in [9.17, 15) is 4.57 Å². The minimum absolute atomic E-state index is 0.486. The second-order valence-corrected chi connectivity index (χ2v) is 3.56. The molecule has 0 aromatic heterocycles. The Balaban J connectivity index is 3.07. The summed E-state index contributed by atoms with van der Waals surface area (Å²) < 4.78 is 15.3. The second kappa shape index (κ2) is 8.25. The predicted octanol–water partition coefficient (Wildman–Crippen LogP) is 1.81. The molecule has 0 amide bonds. The van der Waals surface area contributed by atoms with Crippen molar-refractivity contribution in [1.82, 2.24) is 0 Å². The summed E-state index contributed by atoms with van der Waals surface area (Å²) in [5.41, 5.74) is 0. The molecule has 0 radical (unpaired) electrons. The van der Waals surface area contributed by atoms with Gasteiger partial charge in [-0.3, -0.25) is 9.56 Å². The van der Waals surface area contributed by atoms with E-state index >= 15 is 0 Å². The van der Waals surface area contributed by atoms with Gasteiger partial charge in [-0.2, -0.15) is 0 Å². The molecule has 0 saturated carbocycles. The lowest BCUT2D eigenvalue weighted by molar-refractivity contribution is 0.344. The molecule has 0 saturated heterocycles. The van der Waals surface area contributed by atoms with E-state index in [0.717, 1.165) is 0 Å². The first-order valence-corrected chi connectivity index (χ1v) is 5.80. The lowest BCUT2D eigenvalue weighted by Crippen LogP contribution is -1.88. The Morgan fingerprint density at radius 1 is 1.73 bits per heavy atom. The molecule has 11 heavy (non-hydrogen) atoms. The van der Waals surface area contributed by atoms with E-state index in [2.05, 4.69) is 4.99 Å². The fourth-order valence-corrected chi connectivity index (χ4v) is 0.990. The molecular formula is C6H13ClNO2P. The maximum absolute atomic E-state index is 10.4. The number of aliphatic imine (C=N–C) groups is 1. The summed E-state index contributed by atoms with van der Waals surface area (Å²) in [6.07, 6.45) is 2.45. The summed E-state index contributed by atoms with van der Waals surface area (Å²) in [4.78, 5) is 3.96. The first-order valence-electron chi connectivity index (χ1n) is 3.45. The first-order chi connectivity index (χ1) is 5.27. The van der Waals surface area contributed by atoms with Crippen molar-refractivity contribution in [2.75, 3.05) is 25.7 Å². The molecule has 0 aromatic rings. The third-order valence-electron chi connectivity index (χ3n) is 0.895. The molecule has 0 bridgehead atoms. The minimum Gasteiger partial charge on any atom is -0.330 e. The van der Waals surface area contributed by atoms with Crippen molar-refractivity contribution in [1.29, 1.82) is 0 Å². The molecule has 0 N–H and O–H groups in total. The highest BCUT2D eigenvalue weighted by atomic mass is 35.5. The van der Waals surface area contributed by atoms with Crippen LogP contribution in [-0.2, 0) is 9.09 Å². The van der Waals surface area contributed by atoms with Crippen LogP contribution in [0.2, 0.25) is 0 Å². The van der Waals surface area contributed by atoms with Gasteiger partial charge in [0.2, 0.25) is 0 Å². The van der Waals surface area contributed by atoms with Crippen molar-refractivity contribution in [3.05, 3.63) is 0 Å². The van der Waals surface area contributed by atoms with Crippen molar-refractivity contribution in [3.8, 4) is 0 Å². The Hall–Kier alpha value is 0.150. The second-order valence-electron chi connectivity index (χ2n) is 1.91. The van der Waals surface area contributed by atoms with E-state index in [1.54, 1.807) is 12.9 Å². The highest BCUT2D eigenvalue weighted by Crippen LogP contribution is 2.14. The molecule has 3 nitrogen and oxygen atoms in total. The van der Waals surface area contributed by atoms with Crippen LogP contribution in [0.4, 0.5) is 0 Å². The Bertz CT molecular complexity index is 141. The van der Waals surface area contributed by atoms with E-state index in [4.69, 9.17) is 16.1 Å². The smallest absolute Gasteiger partial charge is 0.188 e. The van der Waals surface area contributed by atoms with Crippen LogP contribution in [0.5, 0.6) is 0 Å². The number of halogens is 1. The molecule has 0 fully saturated rings. The van der Waals surface area contributed by atoms with Gasteiger partial charge < -0.3 is 4.52 Å². The van der Waals surface area contributed by atoms with Crippen molar-refractivity contribution in [3.63, 3.8) is 0 Å². The number of nitrogens with zero attached hydrogens (tertiary/aromatic N) is 1. The van der Waals surface area contributed by atoms with E-state index in [1.165, 1.54) is 0 Å². The van der Waals surface area contributed by atoms with E-state index < -0.39 is 8.03 Å². The van der Waals surface area contributed by atoms with Gasteiger partial charge in [0, 0.05) is 25.2 Å². The van der Waals surface area contributed by atoms with Gasteiger partial charge in [0.1, 0.15) is 0 Å². The zero-order chi connectivity index (χ0) is 8.53. The van der Waals surface area contributed by atoms with Crippen LogP contribution in [0, 0.1) is 0 Å². The average Bonchev–Trinajstić information content (AvgIpc) is 1.96. The Morgan fingerprint density at radius 2 is 2.45 bits per heavy atom. The summed E-state index contributed by atoms with van der Waals surface area (Å²) >= 11 is 5.37. The summed E-state index contributed by atoms with van der Waals surface area (Å²) in [6.45, 7) is 2.70. The quantitative estimate of drug-likeness (QED) is 0.282. The number of hydrogen-bond acceptors (Lipinski definition) is 3. The van der Waals surface area contributed by atoms with Gasteiger partial charge in [0.05, 0.1) is 13.2 Å². The monoisotopic (exact) mass is 197 g/mol. The number of alkyl halides is 1. The molecule has 0 aliphatic carbocycles. The minimum atomic E-state index is -1.76. The summed E-state index contributed by atoms with van der Waals surface area (Å²) in [7, 11) is -1.76. The van der Waals surface area contributed by atoms with Crippen LogP contribution < -0.4 is 0 Å². The predicted molar refractivity (Wildman–Crippen MR) is 49.6 cm³/mol. The van der Waals surface area contributed by atoms with Crippen molar-refractivity contribution in [2.24, 2.45) is 4.99 Å². The number of rotatable bonds is 6. The lowest BCUT2D eigenvalue weighted by atomic mass is 10.5.